The molecule has 4 aromatic heterocycles. The molecule has 0 saturated carbocycles. The molecule has 1 N–H and O–H groups in total. The van der Waals surface area contributed by atoms with E-state index in [4.69, 9.17) is 0 Å². The Balaban J connectivity index is 1.64. The Morgan fingerprint density at radius 3 is 2.89 bits per heavy atom. The van der Waals surface area contributed by atoms with Crippen LogP contribution in [0.1, 0.15) is 38.8 Å². The molecule has 9 heteroatoms. The van der Waals surface area contributed by atoms with Gasteiger partial charge in [0.05, 0.1) is 34.1 Å². The number of hydrogen-bond acceptors (Lipinski definition) is 8. The molecule has 4 rings (SSSR count). The van der Waals surface area contributed by atoms with Crippen molar-refractivity contribution in [2.24, 2.45) is 0 Å². The van der Waals surface area contributed by atoms with E-state index >= 15 is 0 Å². The molecule has 4 heterocycles. The van der Waals surface area contributed by atoms with Crippen LogP contribution >= 0.6 is 34.0 Å². The van der Waals surface area contributed by atoms with Crippen molar-refractivity contribution in [2.75, 3.05) is 12.4 Å². The van der Waals surface area contributed by atoms with Gasteiger partial charge in [0, 0.05) is 17.3 Å². The van der Waals surface area contributed by atoms with Gasteiger partial charge in [-0.25, -0.2) is 15.0 Å². The van der Waals surface area contributed by atoms with Crippen LogP contribution in [0.2, 0.25) is 0 Å². The summed E-state index contributed by atoms with van der Waals surface area (Å²) in [6.45, 7) is 4.56. The van der Waals surface area contributed by atoms with E-state index < -0.39 is 0 Å². The van der Waals surface area contributed by atoms with Crippen LogP contribution in [-0.2, 0) is 6.54 Å². The minimum absolute atomic E-state index is 0.0224. The van der Waals surface area contributed by atoms with Crippen molar-refractivity contribution in [3.05, 3.63) is 55.7 Å². The zero-order chi connectivity index (χ0) is 19.7. The maximum Gasteiger partial charge on any atom is 0.264 e. The monoisotopic (exact) mass is 429 g/mol. The van der Waals surface area contributed by atoms with E-state index in [0.717, 1.165) is 27.3 Å². The largest absolute Gasteiger partial charge is 0.362 e. The predicted octanol–water partition coefficient (Wildman–Crippen LogP) is 4.96. The highest BCUT2D eigenvalue weighted by molar-refractivity contribution is 7.20. The second kappa shape index (κ2) is 7.94. The number of thiazole rings is 1. The minimum atomic E-state index is -0.0224. The third-order valence-electron chi connectivity index (χ3n) is 4.47. The van der Waals surface area contributed by atoms with E-state index in [1.165, 1.54) is 27.6 Å². The molecule has 1 amide bonds. The Morgan fingerprint density at radius 1 is 1.32 bits per heavy atom. The van der Waals surface area contributed by atoms with Gasteiger partial charge in [0.15, 0.2) is 0 Å². The van der Waals surface area contributed by atoms with Gasteiger partial charge in [-0.15, -0.1) is 34.0 Å². The van der Waals surface area contributed by atoms with E-state index in [1.54, 1.807) is 35.1 Å². The number of nitrogens with zero attached hydrogens (tertiary/aromatic N) is 4. The van der Waals surface area contributed by atoms with Crippen LogP contribution in [0.4, 0.5) is 5.82 Å². The van der Waals surface area contributed by atoms with Gasteiger partial charge in [0.1, 0.15) is 17.0 Å². The molecular formula is C19H19N5OS3. The van der Waals surface area contributed by atoms with E-state index in [0.29, 0.717) is 11.4 Å². The van der Waals surface area contributed by atoms with Crippen LogP contribution in [0.3, 0.4) is 0 Å². The van der Waals surface area contributed by atoms with Crippen molar-refractivity contribution < 1.29 is 4.79 Å². The van der Waals surface area contributed by atoms with Gasteiger partial charge in [-0.1, -0.05) is 6.07 Å². The number of carbonyl (C=O) groups is 1. The molecule has 0 spiro atoms. The van der Waals surface area contributed by atoms with E-state index in [2.05, 4.69) is 38.6 Å². The molecule has 0 fully saturated rings. The van der Waals surface area contributed by atoms with Crippen molar-refractivity contribution in [3.63, 3.8) is 0 Å². The fourth-order valence-corrected chi connectivity index (χ4v) is 5.43. The molecule has 144 valence electrons. The van der Waals surface area contributed by atoms with Gasteiger partial charge in [-0.3, -0.25) is 4.79 Å². The average Bonchev–Trinajstić information content (AvgIpc) is 3.43. The summed E-state index contributed by atoms with van der Waals surface area (Å²) in [6.07, 6.45) is 1.55. The highest BCUT2D eigenvalue weighted by Gasteiger charge is 2.23. The summed E-state index contributed by atoms with van der Waals surface area (Å²) < 4.78 is 0. The van der Waals surface area contributed by atoms with Crippen molar-refractivity contribution in [3.8, 4) is 0 Å². The molecule has 0 aliphatic carbocycles. The van der Waals surface area contributed by atoms with E-state index in [9.17, 15) is 4.79 Å². The first-order valence-corrected chi connectivity index (χ1v) is 11.3. The topological polar surface area (TPSA) is 71.0 Å². The summed E-state index contributed by atoms with van der Waals surface area (Å²) in [7, 11) is 1.80. The van der Waals surface area contributed by atoms with E-state index in [1.807, 2.05) is 18.4 Å². The number of fused-ring (bicyclic) bond motifs is 1. The number of thiophene rings is 2. The summed E-state index contributed by atoms with van der Waals surface area (Å²) >= 11 is 4.65. The number of nitrogens with one attached hydrogen (secondary N) is 1. The number of rotatable bonds is 6. The predicted molar refractivity (Wildman–Crippen MR) is 116 cm³/mol. The molecule has 0 aromatic carbocycles. The second-order valence-electron chi connectivity index (χ2n) is 6.48. The first-order chi connectivity index (χ1) is 13.5. The maximum absolute atomic E-state index is 13.0. The molecule has 0 bridgehead atoms. The Morgan fingerprint density at radius 2 is 2.18 bits per heavy atom. The first kappa shape index (κ1) is 19.0. The molecule has 0 aliphatic heterocycles. The summed E-state index contributed by atoms with van der Waals surface area (Å²) in [5, 5.41) is 8.42. The Bertz CT molecular complexity index is 1090. The minimum Gasteiger partial charge on any atom is -0.362 e. The van der Waals surface area contributed by atoms with Gasteiger partial charge in [-0.05, 0) is 30.9 Å². The summed E-state index contributed by atoms with van der Waals surface area (Å²) in [6, 6.07) is 4.27. The average molecular weight is 430 g/mol. The fraction of sp³-hybridized carbons (Fsp3) is 0.263. The lowest BCUT2D eigenvalue weighted by atomic mass is 10.1. The smallest absolute Gasteiger partial charge is 0.264 e. The third-order valence-corrected chi connectivity index (χ3v) is 7.35. The zero-order valence-corrected chi connectivity index (χ0v) is 18.1. The van der Waals surface area contributed by atoms with Gasteiger partial charge in [0.25, 0.3) is 5.91 Å². The quantitative estimate of drug-likeness (QED) is 0.469. The molecule has 4 aromatic rings. The lowest BCUT2D eigenvalue weighted by molar-refractivity contribution is 0.0788. The maximum atomic E-state index is 13.0. The fourth-order valence-electron chi connectivity index (χ4n) is 3.00. The number of hydrogen-bond donors (Lipinski definition) is 1. The van der Waals surface area contributed by atoms with Crippen LogP contribution < -0.4 is 5.32 Å². The van der Waals surface area contributed by atoms with Crippen LogP contribution in [0.25, 0.3) is 10.2 Å². The van der Waals surface area contributed by atoms with Crippen LogP contribution in [0, 0.1) is 6.92 Å². The number of carbonyl (C=O) groups excluding carboxylic acids is 1. The molecule has 0 saturated heterocycles. The Kier molecular flexibility index (Phi) is 5.38. The van der Waals surface area contributed by atoms with Crippen molar-refractivity contribution >= 4 is 56.0 Å². The van der Waals surface area contributed by atoms with Gasteiger partial charge in [0.2, 0.25) is 0 Å². The lowest BCUT2D eigenvalue weighted by Gasteiger charge is -2.15. The Hall–Kier alpha value is -2.36. The first-order valence-electron chi connectivity index (χ1n) is 8.71. The highest BCUT2D eigenvalue weighted by Crippen LogP contribution is 2.35. The van der Waals surface area contributed by atoms with Gasteiger partial charge >= 0.3 is 0 Å². The van der Waals surface area contributed by atoms with E-state index in [-0.39, 0.29) is 11.9 Å². The summed E-state index contributed by atoms with van der Waals surface area (Å²) in [5.41, 5.74) is 3.59. The molecular weight excluding hydrogens is 410 g/mol. The Labute approximate surface area is 174 Å². The third kappa shape index (κ3) is 3.65. The molecule has 28 heavy (non-hydrogen) atoms. The summed E-state index contributed by atoms with van der Waals surface area (Å²) in [4.78, 5) is 30.6. The summed E-state index contributed by atoms with van der Waals surface area (Å²) in [5.74, 6) is 0.742. The number of aryl methyl sites for hydroxylation is 1. The lowest BCUT2D eigenvalue weighted by Crippen LogP contribution is -2.26. The van der Waals surface area contributed by atoms with Crippen LogP contribution in [0.15, 0.2) is 34.7 Å². The van der Waals surface area contributed by atoms with Gasteiger partial charge in [-0.2, -0.15) is 0 Å². The van der Waals surface area contributed by atoms with Crippen molar-refractivity contribution in [1.29, 1.82) is 0 Å². The number of aromatic nitrogens is 3. The van der Waals surface area contributed by atoms with Crippen LogP contribution in [0.5, 0.6) is 0 Å². The molecule has 6 nitrogen and oxygen atoms in total. The van der Waals surface area contributed by atoms with Crippen molar-refractivity contribution in [2.45, 2.75) is 26.4 Å². The van der Waals surface area contributed by atoms with Crippen LogP contribution in [-0.4, -0.2) is 32.8 Å². The number of amides is 1. The normalized spacial score (nSPS) is 12.2. The molecule has 1 atom stereocenters. The molecule has 0 radical (unpaired) electrons. The van der Waals surface area contributed by atoms with Gasteiger partial charge < -0.3 is 10.2 Å². The zero-order valence-electron chi connectivity index (χ0n) is 15.7. The molecule has 0 aliphatic rings. The standard InChI is InChI=1S/C19H19N5OS3/c1-11-15-17(23-12(2)14-5-4-6-27-14)20-9-21-18(15)28-16(11)19(25)24(3)7-13-8-26-10-22-13/h4-6,8-10,12H,7H2,1-3H3,(H,20,21,23)/t12-/m0/s1. The second-order valence-corrected chi connectivity index (χ2v) is 9.18. The molecule has 0 unspecified atom stereocenters. The SMILES string of the molecule is Cc1c(C(=O)N(C)Cc2cscn2)sc2ncnc(N[C@@H](C)c3cccs3)c12. The highest BCUT2D eigenvalue weighted by atomic mass is 32.1. The van der Waals surface area contributed by atoms with Crippen molar-refractivity contribution in [1.82, 2.24) is 19.9 Å². The number of anilines is 1.